The monoisotopic (exact) mass is 532 g/mol. The van der Waals surface area contributed by atoms with E-state index in [0.717, 1.165) is 16.7 Å². The molecule has 36 heavy (non-hydrogen) atoms. The van der Waals surface area contributed by atoms with Gasteiger partial charge in [0.25, 0.3) is 0 Å². The summed E-state index contributed by atoms with van der Waals surface area (Å²) in [7, 11) is -3.56. The molecule has 1 aliphatic rings. The van der Waals surface area contributed by atoms with Crippen LogP contribution in [-0.4, -0.2) is 27.5 Å². The number of aliphatic hydroxyl groups is 1. The van der Waals surface area contributed by atoms with E-state index in [0.29, 0.717) is 0 Å². The summed E-state index contributed by atoms with van der Waals surface area (Å²) in [4.78, 5) is 1.21. The topological polar surface area (TPSA) is 20.2 Å². The first-order chi connectivity index (χ1) is 16.5. The summed E-state index contributed by atoms with van der Waals surface area (Å²) in [6, 6.07) is 22.5. The summed E-state index contributed by atoms with van der Waals surface area (Å²) >= 11 is 1.74. The zero-order valence-corrected chi connectivity index (χ0v) is 26.9. The van der Waals surface area contributed by atoms with Crippen LogP contribution in [0.25, 0.3) is 11.1 Å². The minimum atomic E-state index is -1.78. The van der Waals surface area contributed by atoms with Crippen molar-refractivity contribution in [2.75, 3.05) is 6.26 Å². The molecule has 1 nitrogen and oxygen atoms in total. The van der Waals surface area contributed by atoms with Crippen molar-refractivity contribution in [3.63, 3.8) is 0 Å². The van der Waals surface area contributed by atoms with Crippen LogP contribution in [0.15, 0.2) is 65.6 Å². The molecule has 4 heteroatoms. The first kappa shape index (κ1) is 27.4. The Balaban J connectivity index is 2.01. The first-order valence-electron chi connectivity index (χ1n) is 13.1. The summed E-state index contributed by atoms with van der Waals surface area (Å²) in [5.41, 5.74) is 4.24. The van der Waals surface area contributed by atoms with Gasteiger partial charge in [0, 0.05) is 16.0 Å². The molecule has 0 aliphatic heterocycles. The Kier molecular flexibility index (Phi) is 6.65. The van der Waals surface area contributed by atoms with Crippen LogP contribution in [0.1, 0.15) is 58.2 Å². The highest BCUT2D eigenvalue weighted by atomic mass is 32.2. The fraction of sp³-hybridized carbons (Fsp3) is 0.438. The van der Waals surface area contributed by atoms with Gasteiger partial charge in [-0.2, -0.15) is 0 Å². The highest BCUT2D eigenvalue weighted by Crippen LogP contribution is 2.51. The lowest BCUT2D eigenvalue weighted by atomic mass is 9.84. The molecule has 0 saturated carbocycles. The molecule has 0 saturated heterocycles. The zero-order chi connectivity index (χ0) is 26.9. The van der Waals surface area contributed by atoms with Crippen molar-refractivity contribution in [1.82, 2.24) is 0 Å². The van der Waals surface area contributed by atoms with Gasteiger partial charge in [-0.25, -0.2) is 0 Å². The Bertz CT molecular complexity index is 1220. The van der Waals surface area contributed by atoms with Crippen LogP contribution in [0.4, 0.5) is 0 Å². The van der Waals surface area contributed by atoms with Crippen LogP contribution in [0.5, 0.6) is 0 Å². The van der Waals surface area contributed by atoms with Crippen molar-refractivity contribution in [1.29, 1.82) is 0 Å². The van der Waals surface area contributed by atoms with Crippen LogP contribution in [0, 0.1) is 0 Å². The van der Waals surface area contributed by atoms with Gasteiger partial charge in [0.2, 0.25) is 0 Å². The molecule has 0 heterocycles. The van der Waals surface area contributed by atoms with E-state index in [1.54, 1.807) is 11.8 Å². The predicted octanol–water partition coefficient (Wildman–Crippen LogP) is 8.10. The Morgan fingerprint density at radius 1 is 0.639 bits per heavy atom. The fourth-order valence-corrected chi connectivity index (χ4v) is 9.24. The van der Waals surface area contributed by atoms with E-state index in [4.69, 9.17) is 0 Å². The van der Waals surface area contributed by atoms with Crippen LogP contribution in [0.2, 0.25) is 36.3 Å². The Hall–Kier alpha value is -1.60. The fourth-order valence-electron chi connectivity index (χ4n) is 5.09. The molecule has 0 amide bonds. The molecule has 4 rings (SSSR count). The lowest BCUT2D eigenvalue weighted by Gasteiger charge is -2.38. The smallest absolute Gasteiger partial charge is 0.141 e. The highest BCUT2D eigenvalue weighted by molar-refractivity contribution is 7.98. The molecular formula is C32H44OSSi2. The summed E-state index contributed by atoms with van der Waals surface area (Å²) < 4.78 is 0. The Morgan fingerprint density at radius 3 is 1.36 bits per heavy atom. The number of hydrogen-bond donors (Lipinski definition) is 1. The van der Waals surface area contributed by atoms with Gasteiger partial charge in [-0.05, 0) is 45.2 Å². The van der Waals surface area contributed by atoms with Crippen molar-refractivity contribution < 1.29 is 5.11 Å². The molecule has 1 aliphatic carbocycles. The molecular weight excluding hydrogens is 489 g/mol. The summed E-state index contributed by atoms with van der Waals surface area (Å²) in [5.74, 6) is 0. The standard InChI is InChI=1S/C32H44OSSi2/c1-30(2,3)35(8,9)24-16-18-26-27-19-17-25(36(10,11)31(4,5)6)21-29(27)32(33,28(26)20-24)22-12-14-23(34-7)15-13-22/h12-21,33H,1-11H3. The number of thioether (sulfide) groups is 1. The third kappa shape index (κ3) is 4.09. The van der Waals surface area contributed by atoms with Crippen LogP contribution >= 0.6 is 11.8 Å². The van der Waals surface area contributed by atoms with Gasteiger partial charge in [-0.3, -0.25) is 0 Å². The normalized spacial score (nSPS) is 15.6. The van der Waals surface area contributed by atoms with Crippen molar-refractivity contribution in [2.24, 2.45) is 0 Å². The molecule has 0 bridgehead atoms. The molecule has 0 unspecified atom stereocenters. The van der Waals surface area contributed by atoms with Gasteiger partial charge in [0.05, 0.1) is 16.1 Å². The van der Waals surface area contributed by atoms with E-state index in [1.807, 2.05) is 0 Å². The first-order valence-corrected chi connectivity index (χ1v) is 20.4. The van der Waals surface area contributed by atoms with Gasteiger partial charge in [-0.1, -0.05) is 127 Å². The van der Waals surface area contributed by atoms with Gasteiger partial charge in [-0.15, -0.1) is 11.8 Å². The minimum Gasteiger partial charge on any atom is -0.376 e. The molecule has 192 valence electrons. The number of fused-ring (bicyclic) bond motifs is 3. The molecule has 0 atom stereocenters. The molecule has 0 aromatic heterocycles. The van der Waals surface area contributed by atoms with E-state index >= 15 is 0 Å². The second-order valence-corrected chi connectivity index (χ2v) is 25.2. The third-order valence-electron chi connectivity index (χ3n) is 9.81. The minimum absolute atomic E-state index is 0.223. The van der Waals surface area contributed by atoms with E-state index in [9.17, 15) is 5.11 Å². The van der Waals surface area contributed by atoms with Crippen LogP contribution in [-0.2, 0) is 5.60 Å². The van der Waals surface area contributed by atoms with Crippen molar-refractivity contribution >= 4 is 38.3 Å². The Labute approximate surface area is 225 Å². The van der Waals surface area contributed by atoms with Crippen molar-refractivity contribution in [2.45, 2.75) is 88.3 Å². The van der Waals surface area contributed by atoms with Gasteiger partial charge < -0.3 is 5.11 Å². The molecule has 0 spiro atoms. The van der Waals surface area contributed by atoms with Crippen molar-refractivity contribution in [3.8, 4) is 11.1 Å². The number of hydrogen-bond acceptors (Lipinski definition) is 2. The van der Waals surface area contributed by atoms with Crippen molar-refractivity contribution in [3.05, 3.63) is 77.4 Å². The summed E-state index contributed by atoms with van der Waals surface area (Å²) in [6.07, 6.45) is 2.10. The summed E-state index contributed by atoms with van der Waals surface area (Å²) in [6.45, 7) is 24.0. The predicted molar refractivity (Wildman–Crippen MR) is 166 cm³/mol. The second-order valence-electron chi connectivity index (χ2n) is 13.7. The molecule has 0 fully saturated rings. The van der Waals surface area contributed by atoms with Crippen LogP contribution < -0.4 is 10.4 Å². The second kappa shape index (κ2) is 8.72. The quantitative estimate of drug-likeness (QED) is 0.270. The van der Waals surface area contributed by atoms with E-state index < -0.39 is 21.7 Å². The van der Waals surface area contributed by atoms with E-state index in [2.05, 4.69) is 135 Å². The maximum absolute atomic E-state index is 12.8. The zero-order valence-electron chi connectivity index (χ0n) is 24.1. The Morgan fingerprint density at radius 2 is 1.03 bits per heavy atom. The number of benzene rings is 3. The third-order valence-corrected chi connectivity index (χ3v) is 21.6. The maximum atomic E-state index is 12.8. The van der Waals surface area contributed by atoms with Gasteiger partial charge in [0.1, 0.15) is 5.60 Å². The lowest BCUT2D eigenvalue weighted by molar-refractivity contribution is 0.131. The highest BCUT2D eigenvalue weighted by Gasteiger charge is 2.46. The van der Waals surface area contributed by atoms with E-state index in [1.165, 1.54) is 26.4 Å². The largest absolute Gasteiger partial charge is 0.376 e. The molecule has 0 radical (unpaired) electrons. The lowest BCUT2D eigenvalue weighted by Crippen LogP contribution is -2.50. The molecule has 3 aromatic rings. The number of rotatable bonds is 4. The SMILES string of the molecule is CSc1ccc(C2(O)c3cc([Si](C)(C)C(C)(C)C)ccc3-c3ccc([Si](C)(C)C(C)(C)C)cc32)cc1. The average molecular weight is 533 g/mol. The molecule has 3 aromatic carbocycles. The maximum Gasteiger partial charge on any atom is 0.141 e. The van der Waals surface area contributed by atoms with Gasteiger partial charge >= 0.3 is 0 Å². The van der Waals surface area contributed by atoms with Crippen LogP contribution in [0.3, 0.4) is 0 Å². The van der Waals surface area contributed by atoms with Gasteiger partial charge in [0.15, 0.2) is 0 Å². The van der Waals surface area contributed by atoms with E-state index in [-0.39, 0.29) is 10.1 Å². The summed E-state index contributed by atoms with van der Waals surface area (Å²) in [5, 5.41) is 16.1. The molecule has 1 N–H and O–H groups in total. The average Bonchev–Trinajstić information content (AvgIpc) is 3.06.